The molecule has 0 bridgehead atoms. The molecular formula is C19H21FO. The average Bonchev–Trinajstić information content (AvgIpc) is 2.49. The Morgan fingerprint density at radius 1 is 1.05 bits per heavy atom. The lowest BCUT2D eigenvalue weighted by Gasteiger charge is -2.27. The fraction of sp³-hybridized carbons (Fsp3) is 0.368. The van der Waals surface area contributed by atoms with Gasteiger partial charge in [-0.2, -0.15) is 0 Å². The maximum Gasteiger partial charge on any atom is 0.131 e. The molecule has 2 aromatic carbocycles. The number of rotatable bonds is 2. The third-order valence-corrected chi connectivity index (χ3v) is 4.23. The summed E-state index contributed by atoms with van der Waals surface area (Å²) in [6.45, 7) is 4.99. The summed E-state index contributed by atoms with van der Waals surface area (Å²) in [4.78, 5) is 0. The van der Waals surface area contributed by atoms with Crippen molar-refractivity contribution in [2.24, 2.45) is 5.92 Å². The van der Waals surface area contributed by atoms with E-state index in [0.717, 1.165) is 30.6 Å². The van der Waals surface area contributed by atoms with Gasteiger partial charge in [-0.15, -0.1) is 0 Å². The summed E-state index contributed by atoms with van der Waals surface area (Å²) >= 11 is 0. The van der Waals surface area contributed by atoms with Crippen LogP contribution in [0.4, 0.5) is 4.39 Å². The predicted molar refractivity (Wildman–Crippen MR) is 83.7 cm³/mol. The van der Waals surface area contributed by atoms with E-state index in [2.05, 4.69) is 6.92 Å². The van der Waals surface area contributed by atoms with E-state index < -0.39 is 0 Å². The van der Waals surface area contributed by atoms with Gasteiger partial charge >= 0.3 is 0 Å². The first-order chi connectivity index (χ1) is 10.1. The van der Waals surface area contributed by atoms with E-state index >= 15 is 0 Å². The highest BCUT2D eigenvalue weighted by Crippen LogP contribution is 2.33. The Morgan fingerprint density at radius 3 is 2.43 bits per heavy atom. The van der Waals surface area contributed by atoms with Crippen molar-refractivity contribution in [3.63, 3.8) is 0 Å². The van der Waals surface area contributed by atoms with Gasteiger partial charge in [-0.1, -0.05) is 48.9 Å². The van der Waals surface area contributed by atoms with Gasteiger partial charge in [0, 0.05) is 12.2 Å². The number of hydrogen-bond acceptors (Lipinski definition) is 1. The molecule has 1 nitrogen and oxygen atoms in total. The van der Waals surface area contributed by atoms with Crippen LogP contribution in [-0.2, 0) is 4.74 Å². The molecule has 110 valence electrons. The van der Waals surface area contributed by atoms with Gasteiger partial charge in [-0.25, -0.2) is 4.39 Å². The molecule has 0 aliphatic carbocycles. The van der Waals surface area contributed by atoms with E-state index in [1.165, 1.54) is 5.56 Å². The average molecular weight is 284 g/mol. The van der Waals surface area contributed by atoms with Crippen molar-refractivity contribution in [3.05, 3.63) is 59.4 Å². The van der Waals surface area contributed by atoms with Gasteiger partial charge in [0.05, 0.1) is 6.10 Å². The van der Waals surface area contributed by atoms with Gasteiger partial charge < -0.3 is 4.74 Å². The van der Waals surface area contributed by atoms with E-state index in [0.29, 0.717) is 11.5 Å². The SMILES string of the molecule is Cc1ccc(-c2ccc(C3CCC(C)CO3)cc2F)cc1. The zero-order valence-corrected chi connectivity index (χ0v) is 12.6. The molecule has 0 spiro atoms. The molecule has 0 radical (unpaired) electrons. The van der Waals surface area contributed by atoms with Gasteiger partial charge in [0.1, 0.15) is 5.82 Å². The second kappa shape index (κ2) is 5.98. The highest BCUT2D eigenvalue weighted by Gasteiger charge is 2.21. The van der Waals surface area contributed by atoms with E-state index in [-0.39, 0.29) is 11.9 Å². The summed E-state index contributed by atoms with van der Waals surface area (Å²) in [5.74, 6) is 0.441. The Balaban J connectivity index is 1.84. The van der Waals surface area contributed by atoms with Crippen LogP contribution in [0, 0.1) is 18.7 Å². The second-order valence-electron chi connectivity index (χ2n) is 6.11. The maximum atomic E-state index is 14.4. The molecule has 0 N–H and O–H groups in total. The summed E-state index contributed by atoms with van der Waals surface area (Å²) in [6.07, 6.45) is 2.17. The molecular weight excluding hydrogens is 263 g/mol. The minimum Gasteiger partial charge on any atom is -0.373 e. The Hall–Kier alpha value is -1.67. The number of hydrogen-bond donors (Lipinski definition) is 0. The standard InChI is InChI=1S/C19H21FO/c1-13-3-6-15(7-4-13)17-9-8-16(11-18(17)20)19-10-5-14(2)12-21-19/h3-4,6-9,11,14,19H,5,10,12H2,1-2H3. The Morgan fingerprint density at radius 2 is 1.81 bits per heavy atom. The molecule has 0 aromatic heterocycles. The molecule has 1 fully saturated rings. The molecule has 0 saturated carbocycles. The highest BCUT2D eigenvalue weighted by atomic mass is 19.1. The lowest BCUT2D eigenvalue weighted by atomic mass is 9.94. The van der Waals surface area contributed by atoms with Gasteiger partial charge in [0.15, 0.2) is 0 Å². The summed E-state index contributed by atoms with van der Waals surface area (Å²) in [5.41, 5.74) is 3.71. The van der Waals surface area contributed by atoms with Crippen molar-refractivity contribution in [1.82, 2.24) is 0 Å². The van der Waals surface area contributed by atoms with E-state index in [9.17, 15) is 4.39 Å². The number of halogens is 1. The molecule has 2 heteroatoms. The molecule has 3 rings (SSSR count). The molecule has 2 aromatic rings. The van der Waals surface area contributed by atoms with Crippen molar-refractivity contribution in [2.45, 2.75) is 32.8 Å². The predicted octanol–water partition coefficient (Wildman–Crippen LogP) is 5.29. The number of aryl methyl sites for hydroxylation is 1. The summed E-state index contributed by atoms with van der Waals surface area (Å²) < 4.78 is 20.2. The molecule has 0 amide bonds. The number of ether oxygens (including phenoxy) is 1. The largest absolute Gasteiger partial charge is 0.373 e. The molecule has 1 saturated heterocycles. The van der Waals surface area contributed by atoms with Crippen LogP contribution in [0.2, 0.25) is 0 Å². The fourth-order valence-electron chi connectivity index (χ4n) is 2.84. The monoisotopic (exact) mass is 284 g/mol. The molecule has 1 aliphatic rings. The quantitative estimate of drug-likeness (QED) is 0.728. The normalized spacial score (nSPS) is 22.2. The second-order valence-corrected chi connectivity index (χ2v) is 6.11. The Kier molecular flexibility index (Phi) is 4.07. The molecule has 2 unspecified atom stereocenters. The first-order valence-corrected chi connectivity index (χ1v) is 7.61. The van der Waals surface area contributed by atoms with Crippen LogP contribution < -0.4 is 0 Å². The first-order valence-electron chi connectivity index (χ1n) is 7.61. The Labute approximate surface area is 125 Å². The lowest BCUT2D eigenvalue weighted by molar-refractivity contribution is -0.0125. The van der Waals surface area contributed by atoms with Crippen LogP contribution >= 0.6 is 0 Å². The number of benzene rings is 2. The highest BCUT2D eigenvalue weighted by molar-refractivity contribution is 5.64. The van der Waals surface area contributed by atoms with E-state index in [4.69, 9.17) is 4.74 Å². The van der Waals surface area contributed by atoms with Crippen molar-refractivity contribution in [3.8, 4) is 11.1 Å². The Bertz CT molecular complexity index is 610. The van der Waals surface area contributed by atoms with Crippen LogP contribution in [0.1, 0.15) is 37.0 Å². The summed E-state index contributed by atoms with van der Waals surface area (Å²) in [6, 6.07) is 13.5. The zero-order chi connectivity index (χ0) is 14.8. The minimum absolute atomic E-state index is 0.0442. The van der Waals surface area contributed by atoms with E-state index in [1.807, 2.05) is 43.3 Å². The van der Waals surface area contributed by atoms with Gasteiger partial charge in [0.25, 0.3) is 0 Å². The van der Waals surface area contributed by atoms with Crippen molar-refractivity contribution in [2.75, 3.05) is 6.61 Å². The third kappa shape index (κ3) is 3.16. The van der Waals surface area contributed by atoms with Crippen molar-refractivity contribution >= 4 is 0 Å². The first kappa shape index (κ1) is 14.3. The van der Waals surface area contributed by atoms with Crippen LogP contribution in [0.25, 0.3) is 11.1 Å². The van der Waals surface area contributed by atoms with Gasteiger partial charge in [0.2, 0.25) is 0 Å². The smallest absolute Gasteiger partial charge is 0.131 e. The van der Waals surface area contributed by atoms with E-state index in [1.54, 1.807) is 6.07 Å². The van der Waals surface area contributed by atoms with Crippen LogP contribution in [-0.4, -0.2) is 6.61 Å². The third-order valence-electron chi connectivity index (χ3n) is 4.23. The maximum absolute atomic E-state index is 14.4. The van der Waals surface area contributed by atoms with Gasteiger partial charge in [-0.05, 0) is 42.9 Å². The summed E-state index contributed by atoms with van der Waals surface area (Å²) in [7, 11) is 0. The topological polar surface area (TPSA) is 9.23 Å². The van der Waals surface area contributed by atoms with Crippen molar-refractivity contribution in [1.29, 1.82) is 0 Å². The lowest BCUT2D eigenvalue weighted by Crippen LogP contribution is -2.18. The molecule has 21 heavy (non-hydrogen) atoms. The fourth-order valence-corrected chi connectivity index (χ4v) is 2.84. The summed E-state index contributed by atoms with van der Waals surface area (Å²) in [5, 5.41) is 0. The van der Waals surface area contributed by atoms with Crippen LogP contribution in [0.15, 0.2) is 42.5 Å². The molecule has 2 atom stereocenters. The molecule has 1 heterocycles. The van der Waals surface area contributed by atoms with Crippen LogP contribution in [0.3, 0.4) is 0 Å². The van der Waals surface area contributed by atoms with Crippen molar-refractivity contribution < 1.29 is 9.13 Å². The van der Waals surface area contributed by atoms with Crippen LogP contribution in [0.5, 0.6) is 0 Å². The molecule has 1 aliphatic heterocycles. The minimum atomic E-state index is -0.168. The van der Waals surface area contributed by atoms with Gasteiger partial charge in [-0.3, -0.25) is 0 Å². The zero-order valence-electron chi connectivity index (χ0n) is 12.6.